The molecular weight excluding hydrogens is 248 g/mol. The van der Waals surface area contributed by atoms with Crippen molar-refractivity contribution in [1.82, 2.24) is 0 Å². The molecule has 1 aliphatic rings. The fourth-order valence-corrected chi connectivity index (χ4v) is 3.60. The lowest BCUT2D eigenvalue weighted by atomic mass is 10.1. The van der Waals surface area contributed by atoms with Gasteiger partial charge in [0.1, 0.15) is 6.07 Å². The molecule has 1 aromatic rings. The monoisotopic (exact) mass is 264 g/mol. The second-order valence-corrected chi connectivity index (χ2v) is 6.88. The van der Waals surface area contributed by atoms with Crippen LogP contribution < -0.4 is 4.90 Å². The van der Waals surface area contributed by atoms with Crippen LogP contribution >= 0.6 is 0 Å². The summed E-state index contributed by atoms with van der Waals surface area (Å²) in [5.74, 6) is 0.420. The molecule has 18 heavy (non-hydrogen) atoms. The number of aryl methyl sites for hydroxylation is 1. The van der Waals surface area contributed by atoms with Gasteiger partial charge >= 0.3 is 0 Å². The van der Waals surface area contributed by atoms with Gasteiger partial charge in [0, 0.05) is 13.1 Å². The predicted molar refractivity (Wildman–Crippen MR) is 71.4 cm³/mol. The molecule has 4 nitrogen and oxygen atoms in total. The van der Waals surface area contributed by atoms with Gasteiger partial charge in [0.2, 0.25) is 0 Å². The van der Waals surface area contributed by atoms with Crippen molar-refractivity contribution >= 4 is 15.5 Å². The Kier molecular flexibility index (Phi) is 3.58. The molecule has 5 heteroatoms. The number of nitrogens with zero attached hydrogens (tertiary/aromatic N) is 2. The molecule has 0 unspecified atom stereocenters. The van der Waals surface area contributed by atoms with Gasteiger partial charge in [-0.1, -0.05) is 12.1 Å². The molecule has 0 aromatic heterocycles. The first-order valence-electron chi connectivity index (χ1n) is 5.98. The Morgan fingerprint density at radius 2 is 2.06 bits per heavy atom. The van der Waals surface area contributed by atoms with E-state index < -0.39 is 9.84 Å². The van der Waals surface area contributed by atoms with Gasteiger partial charge in [-0.3, -0.25) is 0 Å². The van der Waals surface area contributed by atoms with Crippen LogP contribution in [0.5, 0.6) is 0 Å². The molecule has 1 aliphatic heterocycles. The number of hydrogen-bond donors (Lipinski definition) is 0. The molecule has 1 saturated heterocycles. The Bertz CT molecular complexity index is 587. The third-order valence-corrected chi connectivity index (χ3v) is 4.95. The van der Waals surface area contributed by atoms with Gasteiger partial charge in [0.15, 0.2) is 9.84 Å². The number of sulfone groups is 1. The van der Waals surface area contributed by atoms with E-state index in [0.717, 1.165) is 11.3 Å². The van der Waals surface area contributed by atoms with Gasteiger partial charge in [-0.15, -0.1) is 0 Å². The maximum atomic E-state index is 11.6. The standard InChI is InChI=1S/C13H16N2O2S/c1-11-4-2-5-12(10-14)13(11)15-6-3-8-18(16,17)9-7-15/h2,4-5H,3,6-9H2,1H3. The van der Waals surface area contributed by atoms with Gasteiger partial charge in [-0.05, 0) is 25.0 Å². The summed E-state index contributed by atoms with van der Waals surface area (Å²) < 4.78 is 23.2. The highest BCUT2D eigenvalue weighted by Gasteiger charge is 2.21. The van der Waals surface area contributed by atoms with Crippen molar-refractivity contribution in [2.45, 2.75) is 13.3 Å². The third kappa shape index (κ3) is 2.65. The number of rotatable bonds is 1. The molecule has 0 saturated carbocycles. The average molecular weight is 264 g/mol. The molecule has 1 heterocycles. The minimum Gasteiger partial charge on any atom is -0.369 e. The number of hydrogen-bond acceptors (Lipinski definition) is 4. The quantitative estimate of drug-likeness (QED) is 0.771. The van der Waals surface area contributed by atoms with Crippen molar-refractivity contribution in [3.05, 3.63) is 29.3 Å². The Labute approximate surface area is 108 Å². The average Bonchev–Trinajstić information content (AvgIpc) is 2.50. The van der Waals surface area contributed by atoms with E-state index in [1.165, 1.54) is 0 Å². The molecule has 2 rings (SSSR count). The molecule has 0 radical (unpaired) electrons. The highest BCUT2D eigenvalue weighted by atomic mass is 32.2. The topological polar surface area (TPSA) is 61.2 Å². The van der Waals surface area contributed by atoms with Crippen LogP contribution in [0.2, 0.25) is 0 Å². The van der Waals surface area contributed by atoms with Crippen molar-refractivity contribution in [1.29, 1.82) is 5.26 Å². The Hall–Kier alpha value is -1.54. The van der Waals surface area contributed by atoms with Crippen LogP contribution in [0, 0.1) is 18.3 Å². The molecule has 0 spiro atoms. The highest BCUT2D eigenvalue weighted by molar-refractivity contribution is 7.91. The maximum Gasteiger partial charge on any atom is 0.152 e. The van der Waals surface area contributed by atoms with Crippen molar-refractivity contribution in [2.24, 2.45) is 0 Å². The first-order chi connectivity index (χ1) is 8.53. The van der Waals surface area contributed by atoms with E-state index in [1.54, 1.807) is 6.07 Å². The zero-order valence-corrected chi connectivity index (χ0v) is 11.2. The second kappa shape index (κ2) is 4.99. The van der Waals surface area contributed by atoms with E-state index >= 15 is 0 Å². The summed E-state index contributed by atoms with van der Waals surface area (Å²) in [6, 6.07) is 7.77. The van der Waals surface area contributed by atoms with Crippen LogP contribution in [0.25, 0.3) is 0 Å². The van der Waals surface area contributed by atoms with Crippen molar-refractivity contribution in [3.63, 3.8) is 0 Å². The summed E-state index contributed by atoms with van der Waals surface area (Å²) in [6.45, 7) is 3.12. The molecule has 1 aromatic carbocycles. The smallest absolute Gasteiger partial charge is 0.152 e. The summed E-state index contributed by atoms with van der Waals surface area (Å²) in [5.41, 5.74) is 2.53. The lowest BCUT2D eigenvalue weighted by Gasteiger charge is -2.25. The lowest BCUT2D eigenvalue weighted by Crippen LogP contribution is -2.28. The number of para-hydroxylation sites is 1. The van der Waals surface area contributed by atoms with E-state index in [1.807, 2.05) is 24.0 Å². The van der Waals surface area contributed by atoms with E-state index in [-0.39, 0.29) is 11.5 Å². The van der Waals surface area contributed by atoms with Crippen molar-refractivity contribution in [2.75, 3.05) is 29.5 Å². The lowest BCUT2D eigenvalue weighted by molar-refractivity contribution is 0.597. The van der Waals surface area contributed by atoms with Gasteiger partial charge in [0.05, 0.1) is 22.8 Å². The maximum absolute atomic E-state index is 11.6. The summed E-state index contributed by atoms with van der Waals surface area (Å²) in [5, 5.41) is 9.15. The minimum atomic E-state index is -2.92. The van der Waals surface area contributed by atoms with Crippen LogP contribution in [-0.4, -0.2) is 33.0 Å². The van der Waals surface area contributed by atoms with Crippen molar-refractivity contribution < 1.29 is 8.42 Å². The van der Waals surface area contributed by atoms with E-state index in [9.17, 15) is 8.42 Å². The fourth-order valence-electron chi connectivity index (χ4n) is 2.33. The second-order valence-electron chi connectivity index (χ2n) is 4.58. The normalized spacial score (nSPS) is 19.0. The zero-order chi connectivity index (χ0) is 13.2. The van der Waals surface area contributed by atoms with Gasteiger partial charge in [0.25, 0.3) is 0 Å². The molecule has 0 amide bonds. The van der Waals surface area contributed by atoms with Gasteiger partial charge < -0.3 is 4.90 Å². The molecule has 1 fully saturated rings. The molecular formula is C13H16N2O2S. The highest BCUT2D eigenvalue weighted by Crippen LogP contribution is 2.26. The van der Waals surface area contributed by atoms with E-state index in [0.29, 0.717) is 25.1 Å². The largest absolute Gasteiger partial charge is 0.369 e. The number of benzene rings is 1. The van der Waals surface area contributed by atoms with Gasteiger partial charge in [-0.2, -0.15) is 5.26 Å². The molecule has 0 atom stereocenters. The fraction of sp³-hybridized carbons (Fsp3) is 0.462. The summed E-state index contributed by atoms with van der Waals surface area (Å²) >= 11 is 0. The van der Waals surface area contributed by atoms with Crippen LogP contribution in [0.3, 0.4) is 0 Å². The molecule has 96 valence electrons. The summed E-state index contributed by atoms with van der Waals surface area (Å²) in [4.78, 5) is 2.03. The summed E-state index contributed by atoms with van der Waals surface area (Å²) in [7, 11) is -2.92. The first-order valence-corrected chi connectivity index (χ1v) is 7.81. The first kappa shape index (κ1) is 12.9. The number of nitriles is 1. The van der Waals surface area contributed by atoms with Crippen LogP contribution in [0.1, 0.15) is 17.5 Å². The van der Waals surface area contributed by atoms with Crippen molar-refractivity contribution in [3.8, 4) is 6.07 Å². The molecule has 0 bridgehead atoms. The van der Waals surface area contributed by atoms with Crippen LogP contribution in [0.15, 0.2) is 18.2 Å². The summed E-state index contributed by atoms with van der Waals surface area (Å²) in [6.07, 6.45) is 0.627. The molecule has 0 aliphatic carbocycles. The minimum absolute atomic E-state index is 0.173. The van der Waals surface area contributed by atoms with Crippen LogP contribution in [-0.2, 0) is 9.84 Å². The Morgan fingerprint density at radius 3 is 2.78 bits per heavy atom. The predicted octanol–water partition coefficient (Wildman–Crippen LogP) is 1.49. The van der Waals surface area contributed by atoms with E-state index in [4.69, 9.17) is 5.26 Å². The number of anilines is 1. The van der Waals surface area contributed by atoms with Crippen LogP contribution in [0.4, 0.5) is 5.69 Å². The Balaban J connectivity index is 2.35. The third-order valence-electron chi connectivity index (χ3n) is 3.23. The van der Waals surface area contributed by atoms with E-state index in [2.05, 4.69) is 6.07 Å². The SMILES string of the molecule is Cc1cccc(C#N)c1N1CCCS(=O)(=O)CC1. The molecule has 0 N–H and O–H groups in total. The van der Waals surface area contributed by atoms with Gasteiger partial charge in [-0.25, -0.2) is 8.42 Å². The Morgan fingerprint density at radius 1 is 1.28 bits per heavy atom. The zero-order valence-electron chi connectivity index (χ0n) is 10.4.